The van der Waals surface area contributed by atoms with E-state index in [2.05, 4.69) is 27.2 Å². The van der Waals surface area contributed by atoms with E-state index in [1.54, 1.807) is 0 Å². The molecule has 0 aliphatic carbocycles. The lowest BCUT2D eigenvalue weighted by Crippen LogP contribution is -2.32. The monoisotopic (exact) mass is 301 g/mol. The SMILES string of the molecule is C=C(NS(=O)C(C)(C)C)c1cccc(Br)c1. The molecule has 88 valence electrons. The first-order chi connectivity index (χ1) is 7.30. The normalized spacial score (nSPS) is 13.2. The molecule has 0 radical (unpaired) electrons. The van der Waals surface area contributed by atoms with Gasteiger partial charge < -0.3 is 4.72 Å². The summed E-state index contributed by atoms with van der Waals surface area (Å²) >= 11 is 3.39. The van der Waals surface area contributed by atoms with Gasteiger partial charge in [0.15, 0.2) is 0 Å². The van der Waals surface area contributed by atoms with Crippen LogP contribution in [0.4, 0.5) is 0 Å². The Kier molecular flexibility index (Phi) is 4.33. The number of halogens is 1. The van der Waals surface area contributed by atoms with Gasteiger partial charge in [0.05, 0.1) is 4.75 Å². The molecule has 1 atom stereocenters. The number of rotatable bonds is 3. The van der Waals surface area contributed by atoms with Crippen molar-refractivity contribution < 1.29 is 4.21 Å². The van der Waals surface area contributed by atoms with E-state index in [4.69, 9.17) is 0 Å². The van der Waals surface area contributed by atoms with Crippen LogP contribution in [0.15, 0.2) is 35.3 Å². The Hall–Kier alpha value is -0.610. The molecule has 2 nitrogen and oxygen atoms in total. The van der Waals surface area contributed by atoms with Gasteiger partial charge in [0.1, 0.15) is 11.0 Å². The van der Waals surface area contributed by atoms with Crippen LogP contribution in [0, 0.1) is 0 Å². The van der Waals surface area contributed by atoms with Crippen molar-refractivity contribution >= 4 is 32.6 Å². The van der Waals surface area contributed by atoms with Crippen molar-refractivity contribution in [2.45, 2.75) is 25.5 Å². The maximum atomic E-state index is 11.9. The Morgan fingerprint density at radius 1 is 1.44 bits per heavy atom. The van der Waals surface area contributed by atoms with Crippen molar-refractivity contribution in [2.75, 3.05) is 0 Å². The summed E-state index contributed by atoms with van der Waals surface area (Å²) < 4.78 is 15.5. The first-order valence-corrected chi connectivity index (χ1v) is 6.88. The first-order valence-electron chi connectivity index (χ1n) is 4.94. The molecule has 0 saturated carbocycles. The van der Waals surface area contributed by atoms with Crippen LogP contribution in [0.2, 0.25) is 0 Å². The van der Waals surface area contributed by atoms with Crippen LogP contribution in [0.25, 0.3) is 5.70 Å². The minimum absolute atomic E-state index is 0.297. The zero-order valence-electron chi connectivity index (χ0n) is 9.71. The maximum Gasteiger partial charge on any atom is 0.122 e. The summed E-state index contributed by atoms with van der Waals surface area (Å²) in [6.45, 7) is 9.66. The number of hydrogen-bond acceptors (Lipinski definition) is 1. The highest BCUT2D eigenvalue weighted by atomic mass is 79.9. The van der Waals surface area contributed by atoms with Gasteiger partial charge in [0, 0.05) is 10.2 Å². The van der Waals surface area contributed by atoms with E-state index in [1.807, 2.05) is 45.0 Å². The summed E-state index contributed by atoms with van der Waals surface area (Å²) in [6, 6.07) is 7.74. The van der Waals surface area contributed by atoms with Crippen molar-refractivity contribution in [3.63, 3.8) is 0 Å². The predicted octanol–water partition coefficient (Wildman–Crippen LogP) is 3.47. The molecule has 0 amide bonds. The molecule has 4 heteroatoms. The standard InChI is InChI=1S/C12H16BrNOS/c1-9(14-16(15)12(2,3)4)10-6-5-7-11(13)8-10/h5-8,14H,1H2,2-4H3. The molecule has 0 bridgehead atoms. The first kappa shape index (κ1) is 13.5. The van der Waals surface area contributed by atoms with E-state index in [1.165, 1.54) is 0 Å². The summed E-state index contributed by atoms with van der Waals surface area (Å²) in [4.78, 5) is 0. The fourth-order valence-electron chi connectivity index (χ4n) is 1.00. The van der Waals surface area contributed by atoms with E-state index < -0.39 is 11.0 Å². The average Bonchev–Trinajstić information content (AvgIpc) is 2.16. The molecule has 1 rings (SSSR count). The fourth-order valence-corrected chi connectivity index (χ4v) is 2.05. The highest BCUT2D eigenvalue weighted by Crippen LogP contribution is 2.18. The lowest BCUT2D eigenvalue weighted by molar-refractivity contribution is 0.645. The van der Waals surface area contributed by atoms with Gasteiger partial charge in [-0.2, -0.15) is 0 Å². The molecule has 0 aliphatic heterocycles. The van der Waals surface area contributed by atoms with Gasteiger partial charge in [-0.15, -0.1) is 0 Å². The van der Waals surface area contributed by atoms with Crippen LogP contribution in [0.3, 0.4) is 0 Å². The van der Waals surface area contributed by atoms with Gasteiger partial charge >= 0.3 is 0 Å². The third-order valence-electron chi connectivity index (χ3n) is 1.95. The largest absolute Gasteiger partial charge is 0.305 e. The van der Waals surface area contributed by atoms with Crippen LogP contribution >= 0.6 is 15.9 Å². The van der Waals surface area contributed by atoms with E-state index >= 15 is 0 Å². The van der Waals surface area contributed by atoms with Gasteiger partial charge in [0.25, 0.3) is 0 Å². The number of benzene rings is 1. The molecule has 1 aromatic carbocycles. The second kappa shape index (κ2) is 5.15. The van der Waals surface area contributed by atoms with Crippen molar-refractivity contribution in [3.8, 4) is 0 Å². The highest BCUT2D eigenvalue weighted by Gasteiger charge is 2.20. The Morgan fingerprint density at radius 2 is 2.06 bits per heavy atom. The van der Waals surface area contributed by atoms with Crippen LogP contribution in [0.1, 0.15) is 26.3 Å². The quantitative estimate of drug-likeness (QED) is 0.910. The van der Waals surface area contributed by atoms with Gasteiger partial charge in [-0.1, -0.05) is 34.6 Å². The Morgan fingerprint density at radius 3 is 2.56 bits per heavy atom. The smallest absolute Gasteiger partial charge is 0.122 e. The van der Waals surface area contributed by atoms with Crippen LogP contribution in [-0.4, -0.2) is 8.96 Å². The van der Waals surface area contributed by atoms with Crippen LogP contribution in [-0.2, 0) is 11.0 Å². The summed E-state index contributed by atoms with van der Waals surface area (Å²) in [5.41, 5.74) is 1.61. The minimum Gasteiger partial charge on any atom is -0.305 e. The van der Waals surface area contributed by atoms with E-state index in [9.17, 15) is 4.21 Å². The molecule has 0 aliphatic rings. The van der Waals surface area contributed by atoms with E-state index in [-0.39, 0.29) is 4.75 Å². The summed E-state index contributed by atoms with van der Waals surface area (Å²) in [5, 5.41) is 0. The number of nitrogens with one attached hydrogen (secondary N) is 1. The Bertz CT molecular complexity index is 423. The topological polar surface area (TPSA) is 29.1 Å². The van der Waals surface area contributed by atoms with Gasteiger partial charge in [-0.3, -0.25) is 0 Å². The molecule has 0 aromatic heterocycles. The molecule has 0 saturated heterocycles. The van der Waals surface area contributed by atoms with Gasteiger partial charge in [-0.25, -0.2) is 4.21 Å². The molecular formula is C12H16BrNOS. The average molecular weight is 302 g/mol. The Balaban J connectivity index is 2.78. The summed E-state index contributed by atoms with van der Waals surface area (Å²) in [7, 11) is -1.14. The maximum absolute atomic E-state index is 11.9. The second-order valence-electron chi connectivity index (χ2n) is 4.47. The molecule has 16 heavy (non-hydrogen) atoms. The predicted molar refractivity (Wildman–Crippen MR) is 74.2 cm³/mol. The van der Waals surface area contributed by atoms with E-state index in [0.29, 0.717) is 5.70 Å². The van der Waals surface area contributed by atoms with Crippen LogP contribution in [0.5, 0.6) is 0 Å². The van der Waals surface area contributed by atoms with E-state index in [0.717, 1.165) is 10.0 Å². The molecule has 1 N–H and O–H groups in total. The van der Waals surface area contributed by atoms with Crippen molar-refractivity contribution in [2.24, 2.45) is 0 Å². The minimum atomic E-state index is -1.14. The van der Waals surface area contributed by atoms with Gasteiger partial charge in [-0.05, 0) is 38.5 Å². The second-order valence-corrected chi connectivity index (χ2v) is 7.35. The molecule has 1 unspecified atom stereocenters. The molecule has 1 aromatic rings. The summed E-state index contributed by atoms with van der Waals surface area (Å²) in [5.74, 6) is 0. The zero-order valence-corrected chi connectivity index (χ0v) is 12.1. The molecule has 0 fully saturated rings. The van der Waals surface area contributed by atoms with Crippen molar-refractivity contribution in [3.05, 3.63) is 40.9 Å². The molecule has 0 spiro atoms. The van der Waals surface area contributed by atoms with Crippen molar-refractivity contribution in [1.82, 2.24) is 4.72 Å². The summed E-state index contributed by atoms with van der Waals surface area (Å²) in [6.07, 6.45) is 0. The molecular weight excluding hydrogens is 286 g/mol. The third-order valence-corrected chi connectivity index (χ3v) is 3.98. The number of hydrogen-bond donors (Lipinski definition) is 1. The fraction of sp³-hybridized carbons (Fsp3) is 0.333. The Labute approximate surface area is 108 Å². The molecule has 0 heterocycles. The highest BCUT2D eigenvalue weighted by molar-refractivity contribution is 9.10. The third kappa shape index (κ3) is 3.76. The zero-order chi connectivity index (χ0) is 12.3. The lowest BCUT2D eigenvalue weighted by atomic mass is 10.2. The van der Waals surface area contributed by atoms with Crippen molar-refractivity contribution in [1.29, 1.82) is 0 Å². The van der Waals surface area contributed by atoms with Crippen LogP contribution < -0.4 is 4.72 Å². The van der Waals surface area contributed by atoms with Gasteiger partial charge in [0.2, 0.25) is 0 Å². The lowest BCUT2D eigenvalue weighted by Gasteiger charge is -2.20.